The fourth-order valence-corrected chi connectivity index (χ4v) is 13.0. The van der Waals surface area contributed by atoms with E-state index in [0.717, 1.165) is 50.8 Å². The summed E-state index contributed by atoms with van der Waals surface area (Å²) >= 11 is 0. The van der Waals surface area contributed by atoms with Gasteiger partial charge in [0.15, 0.2) is 0 Å². The summed E-state index contributed by atoms with van der Waals surface area (Å²) in [7, 11) is 0. The van der Waals surface area contributed by atoms with Gasteiger partial charge in [0.2, 0.25) is 0 Å². The minimum Gasteiger partial charge on any atom is -0.310 e. The molecule has 16 aromatic rings. The third kappa shape index (κ3) is 8.37. The first-order chi connectivity index (χ1) is 41.1. The molecule has 0 atom stereocenters. The molecule has 3 heteroatoms. The molecule has 15 aromatic carbocycles. The normalized spacial score (nSPS) is 11.6. The van der Waals surface area contributed by atoms with Crippen molar-refractivity contribution in [3.63, 3.8) is 0 Å². The fraction of sp³-hybridized carbons (Fsp3) is 0. The zero-order chi connectivity index (χ0) is 54.8. The summed E-state index contributed by atoms with van der Waals surface area (Å²) in [5.41, 5.74) is 17.1. The molecule has 1 heterocycles. The van der Waals surface area contributed by atoms with Crippen LogP contribution in [0.5, 0.6) is 0 Å². The van der Waals surface area contributed by atoms with Gasteiger partial charge in [0.25, 0.3) is 0 Å². The number of hydrogen-bond acceptors (Lipinski definition) is 2. The van der Waals surface area contributed by atoms with Gasteiger partial charge in [0, 0.05) is 50.6 Å². The van der Waals surface area contributed by atoms with Gasteiger partial charge in [-0.05, 0) is 215 Å². The van der Waals surface area contributed by atoms with Crippen LogP contribution >= 0.6 is 0 Å². The van der Waals surface area contributed by atoms with Crippen LogP contribution in [0, 0.1) is 0 Å². The van der Waals surface area contributed by atoms with E-state index in [1.54, 1.807) is 0 Å². The third-order valence-electron chi connectivity index (χ3n) is 16.8. The summed E-state index contributed by atoms with van der Waals surface area (Å²) in [6.07, 6.45) is 0. The molecule has 0 spiro atoms. The lowest BCUT2D eigenvalue weighted by Crippen LogP contribution is -2.10. The number of aromatic nitrogens is 1. The first-order valence-electron chi connectivity index (χ1n) is 28.6. The predicted molar refractivity (Wildman–Crippen MR) is 354 cm³/mol. The molecule has 0 aliphatic heterocycles. The molecule has 83 heavy (non-hydrogen) atoms. The van der Waals surface area contributed by atoms with Crippen LogP contribution in [-0.4, -0.2) is 4.57 Å². The quantitative estimate of drug-likeness (QED) is 0.0999. The second kappa shape index (κ2) is 20.0. The van der Waals surface area contributed by atoms with Crippen molar-refractivity contribution < 1.29 is 0 Å². The second-order valence-electron chi connectivity index (χ2n) is 21.7. The average molecular weight is 1060 g/mol. The highest BCUT2D eigenvalue weighted by molar-refractivity contribution is 6.31. The molecule has 0 aliphatic rings. The van der Waals surface area contributed by atoms with Gasteiger partial charge in [-0.3, -0.25) is 0 Å². The number of para-hydroxylation sites is 4. The number of rotatable bonds is 10. The fourth-order valence-electron chi connectivity index (χ4n) is 13.0. The minimum absolute atomic E-state index is 1.09. The summed E-state index contributed by atoms with van der Waals surface area (Å²) in [4.78, 5) is 4.75. The van der Waals surface area contributed by atoms with Gasteiger partial charge in [-0.15, -0.1) is 0 Å². The lowest BCUT2D eigenvalue weighted by atomic mass is 9.90. The van der Waals surface area contributed by atoms with Crippen LogP contribution in [-0.2, 0) is 0 Å². The Morgan fingerprint density at radius 2 is 0.614 bits per heavy atom. The molecule has 0 fully saturated rings. The van der Waals surface area contributed by atoms with Gasteiger partial charge in [-0.1, -0.05) is 194 Å². The highest BCUT2D eigenvalue weighted by Crippen LogP contribution is 2.47. The van der Waals surface area contributed by atoms with Gasteiger partial charge in [0.1, 0.15) is 0 Å². The maximum absolute atomic E-state index is 2.51. The molecule has 0 bridgehead atoms. The van der Waals surface area contributed by atoms with Crippen LogP contribution < -0.4 is 9.80 Å². The summed E-state index contributed by atoms with van der Waals surface area (Å²) in [6, 6.07) is 118. The van der Waals surface area contributed by atoms with Crippen molar-refractivity contribution in [2.45, 2.75) is 0 Å². The van der Waals surface area contributed by atoms with E-state index >= 15 is 0 Å². The van der Waals surface area contributed by atoms with Crippen LogP contribution in [0.4, 0.5) is 34.1 Å². The topological polar surface area (TPSA) is 11.4 Å². The van der Waals surface area contributed by atoms with E-state index in [1.807, 2.05) is 0 Å². The monoisotopic (exact) mass is 1060 g/mol. The van der Waals surface area contributed by atoms with E-state index in [9.17, 15) is 0 Å². The molecule has 0 unspecified atom stereocenters. The maximum atomic E-state index is 2.51. The van der Waals surface area contributed by atoms with Crippen LogP contribution in [0.1, 0.15) is 0 Å². The lowest BCUT2D eigenvalue weighted by molar-refractivity contribution is 1.18. The van der Waals surface area contributed by atoms with Crippen molar-refractivity contribution >= 4 is 110 Å². The Labute approximate surface area is 482 Å². The number of nitrogens with zero attached hydrogens (tertiary/aromatic N) is 3. The molecule has 388 valence electrons. The van der Waals surface area contributed by atoms with E-state index < -0.39 is 0 Å². The summed E-state index contributed by atoms with van der Waals surface area (Å²) < 4.78 is 2.51. The molecule has 0 saturated heterocycles. The predicted octanol–water partition coefficient (Wildman–Crippen LogP) is 22.5. The van der Waals surface area contributed by atoms with Gasteiger partial charge < -0.3 is 14.4 Å². The standard InChI is InChI=1S/C80H53N3/c1-7-21-54(22-8-1)61-46-62(55-23-9-2-10-24-55)48-69(47-61)83-78-43-37-59(58-36-35-56-25-19-20-26-57(56)45-58)49-77(78)80-72-53-76-71-42-40-68(82(65-31-15-5-16-32-65)66-33-17-6-18-34-66)52-75(71)74-51-67(39-41-70(74)73(76)50-60(72)38-44-79(80)83)81(63-27-11-3-12-28-63)64-29-13-4-14-30-64/h1-53H. The van der Waals surface area contributed by atoms with Crippen molar-refractivity contribution in [3.05, 3.63) is 322 Å². The Morgan fingerprint density at radius 1 is 0.193 bits per heavy atom. The second-order valence-corrected chi connectivity index (χ2v) is 21.7. The van der Waals surface area contributed by atoms with Crippen LogP contribution in [0.15, 0.2) is 322 Å². The van der Waals surface area contributed by atoms with E-state index in [2.05, 4.69) is 336 Å². The van der Waals surface area contributed by atoms with Gasteiger partial charge in [-0.2, -0.15) is 0 Å². The molecule has 0 aliphatic carbocycles. The van der Waals surface area contributed by atoms with E-state index in [4.69, 9.17) is 0 Å². The minimum atomic E-state index is 1.09. The molecule has 0 radical (unpaired) electrons. The summed E-state index contributed by atoms with van der Waals surface area (Å²) in [5, 5.41) is 14.5. The highest BCUT2D eigenvalue weighted by Gasteiger charge is 2.22. The number of anilines is 6. The molecule has 0 saturated carbocycles. The van der Waals surface area contributed by atoms with Crippen molar-refractivity contribution in [3.8, 4) is 39.1 Å². The number of hydrogen-bond donors (Lipinski definition) is 0. The SMILES string of the molecule is c1ccc(-c2cc(-c3ccccc3)cc(-n3c4ccc(-c5ccc6ccccc6c5)cc4c4c5cc6c7ccc(N(c8ccccc8)c8ccccc8)cc7c7cc(N(c8ccccc8)c8ccccc8)ccc7c6cc5ccc43)c2)cc1. The number of fused-ring (bicyclic) bond motifs is 12. The van der Waals surface area contributed by atoms with Gasteiger partial charge in [-0.25, -0.2) is 0 Å². The third-order valence-corrected chi connectivity index (χ3v) is 16.8. The van der Waals surface area contributed by atoms with Crippen LogP contribution in [0.3, 0.4) is 0 Å². The van der Waals surface area contributed by atoms with Crippen molar-refractivity contribution in [1.29, 1.82) is 0 Å². The Bertz CT molecular complexity index is 4980. The molecule has 0 amide bonds. The summed E-state index contributed by atoms with van der Waals surface area (Å²) in [6.45, 7) is 0. The zero-order valence-electron chi connectivity index (χ0n) is 45.4. The smallest absolute Gasteiger partial charge is 0.0547 e. The largest absolute Gasteiger partial charge is 0.310 e. The summed E-state index contributed by atoms with van der Waals surface area (Å²) in [5.74, 6) is 0. The Balaban J connectivity index is 0.996. The van der Waals surface area contributed by atoms with Gasteiger partial charge in [0.05, 0.1) is 11.0 Å². The highest BCUT2D eigenvalue weighted by atomic mass is 15.1. The molecule has 1 aromatic heterocycles. The molecule has 0 N–H and O–H groups in total. The van der Waals surface area contributed by atoms with Crippen molar-refractivity contribution in [1.82, 2.24) is 4.57 Å². The van der Waals surface area contributed by atoms with Crippen molar-refractivity contribution in [2.24, 2.45) is 0 Å². The molecule has 3 nitrogen and oxygen atoms in total. The molecule has 16 rings (SSSR count). The van der Waals surface area contributed by atoms with Crippen molar-refractivity contribution in [2.75, 3.05) is 9.80 Å². The maximum Gasteiger partial charge on any atom is 0.0547 e. The van der Waals surface area contributed by atoms with E-state index in [0.29, 0.717) is 0 Å². The first-order valence-corrected chi connectivity index (χ1v) is 28.6. The van der Waals surface area contributed by atoms with E-state index in [-0.39, 0.29) is 0 Å². The molecular formula is C80H53N3. The van der Waals surface area contributed by atoms with Crippen LogP contribution in [0.25, 0.3) is 115 Å². The molecular weight excluding hydrogens is 1000 g/mol. The van der Waals surface area contributed by atoms with E-state index in [1.165, 1.54) is 98.0 Å². The first kappa shape index (κ1) is 48.0. The van der Waals surface area contributed by atoms with Crippen LogP contribution in [0.2, 0.25) is 0 Å². The Morgan fingerprint density at radius 3 is 1.14 bits per heavy atom. The average Bonchev–Trinajstić information content (AvgIpc) is 2.15. The lowest BCUT2D eigenvalue weighted by Gasteiger charge is -2.27. The Hall–Kier alpha value is -11.0. The van der Waals surface area contributed by atoms with Gasteiger partial charge >= 0.3 is 0 Å². The zero-order valence-corrected chi connectivity index (χ0v) is 45.4. The number of benzene rings is 15. The Kier molecular flexibility index (Phi) is 11.5.